The zero-order chi connectivity index (χ0) is 8.08. The first-order valence-electron chi connectivity index (χ1n) is 2.61. The Labute approximate surface area is 69.8 Å². The number of carbonyl (C=O) groups is 1. The van der Waals surface area contributed by atoms with Gasteiger partial charge in [0, 0.05) is 5.97 Å². The van der Waals surface area contributed by atoms with Crippen LogP contribution in [0.5, 0.6) is 0 Å². The van der Waals surface area contributed by atoms with Crippen LogP contribution in [-0.2, 0) is 4.79 Å². The van der Waals surface area contributed by atoms with Crippen molar-refractivity contribution >= 4 is 5.97 Å². The summed E-state index contributed by atoms with van der Waals surface area (Å²) in [6, 6.07) is 0. The van der Waals surface area contributed by atoms with E-state index in [1.165, 1.54) is 0 Å². The molecular formula is C6H13IO2. The number of carbonyl (C=O) groups excluding carboxylic acids is 1. The average Bonchev–Trinajstić information content (AvgIpc) is 1.19. The molecule has 0 aliphatic rings. The van der Waals surface area contributed by atoms with Gasteiger partial charge in [-0.2, -0.15) is 0 Å². The van der Waals surface area contributed by atoms with Crippen molar-refractivity contribution in [2.45, 2.75) is 31.1 Å². The predicted octanol–water partition coefficient (Wildman–Crippen LogP) is -3.17. The predicted molar refractivity (Wildman–Crippen MR) is 31.8 cm³/mol. The van der Waals surface area contributed by atoms with Gasteiger partial charge in [0.25, 0.3) is 22.6 Å². The maximum absolute atomic E-state index is 8.89. The molecule has 0 heterocycles. The lowest BCUT2D eigenvalue weighted by Gasteiger charge is -1.90. The third-order valence-electron chi connectivity index (χ3n) is 0. The van der Waals surface area contributed by atoms with Crippen molar-refractivity contribution < 1.29 is 32.5 Å². The molecule has 0 aliphatic heterocycles. The summed E-state index contributed by atoms with van der Waals surface area (Å²) < 4.78 is 0.510. The molecule has 0 aromatic carbocycles. The Hall–Kier alpha value is 0.200. The lowest BCUT2D eigenvalue weighted by Crippen LogP contribution is -3.42. The summed E-state index contributed by atoms with van der Waals surface area (Å²) in [5, 5.41) is 8.89. The highest BCUT2D eigenvalue weighted by atomic mass is 127. The first-order valence-corrected chi connectivity index (χ1v) is 3.78. The molecule has 0 N–H and O–H groups in total. The average molecular weight is 244 g/mol. The van der Waals surface area contributed by atoms with Crippen LogP contribution in [0.3, 0.4) is 0 Å². The molecule has 0 bridgehead atoms. The fourth-order valence-corrected chi connectivity index (χ4v) is 0. The van der Waals surface area contributed by atoms with Gasteiger partial charge in [-0.15, -0.1) is 0 Å². The number of hydrogen-bond acceptors (Lipinski definition) is 2. The molecule has 0 amide bonds. The summed E-state index contributed by atoms with van der Waals surface area (Å²) in [6.45, 7) is 7.55. The molecule has 0 unspecified atom stereocenters. The SMILES string of the molecule is CC(=O)[O-].CC(C)(C)[IH+]. The van der Waals surface area contributed by atoms with Crippen LogP contribution in [0.1, 0.15) is 27.7 Å². The molecule has 0 aliphatic carbocycles. The number of carboxylic acids is 1. The Morgan fingerprint density at radius 2 is 1.44 bits per heavy atom. The largest absolute Gasteiger partial charge is 0.550 e. The van der Waals surface area contributed by atoms with E-state index in [2.05, 4.69) is 43.4 Å². The number of carboxylic acid groups (broad SMARTS) is 1. The molecule has 0 atom stereocenters. The van der Waals surface area contributed by atoms with Crippen molar-refractivity contribution in [2.24, 2.45) is 0 Å². The zero-order valence-corrected chi connectivity index (χ0v) is 8.56. The maximum atomic E-state index is 8.89. The highest BCUT2D eigenvalue weighted by Gasteiger charge is 2.11. The lowest BCUT2D eigenvalue weighted by atomic mass is 10.3. The van der Waals surface area contributed by atoms with E-state index in [1.54, 1.807) is 0 Å². The van der Waals surface area contributed by atoms with Gasteiger partial charge in [0.15, 0.2) is 3.42 Å². The van der Waals surface area contributed by atoms with Gasteiger partial charge < -0.3 is 9.90 Å². The second-order valence-electron chi connectivity index (χ2n) is 2.60. The maximum Gasteiger partial charge on any atom is 0.258 e. The first kappa shape index (κ1) is 11.9. The summed E-state index contributed by atoms with van der Waals surface area (Å²) >= 11 is 2.12. The highest BCUT2D eigenvalue weighted by Crippen LogP contribution is 1.81. The minimum absolute atomic E-state index is 0.510. The Kier molecular flexibility index (Phi) is 6.66. The summed E-state index contributed by atoms with van der Waals surface area (Å²) in [5.41, 5.74) is 0. The second kappa shape index (κ2) is 5.02. The normalized spacial score (nSPS) is 9.44. The van der Waals surface area contributed by atoms with Crippen LogP contribution in [-0.4, -0.2) is 9.39 Å². The van der Waals surface area contributed by atoms with Crippen LogP contribution >= 0.6 is 0 Å². The third-order valence-corrected chi connectivity index (χ3v) is 0. The Morgan fingerprint density at radius 1 is 1.44 bits per heavy atom. The molecule has 0 aromatic heterocycles. The first-order chi connectivity index (χ1) is 3.73. The summed E-state index contributed by atoms with van der Waals surface area (Å²) in [5.74, 6) is -1.08. The molecule has 3 heteroatoms. The molecule has 0 spiro atoms. The van der Waals surface area contributed by atoms with Gasteiger partial charge >= 0.3 is 0 Å². The Morgan fingerprint density at radius 3 is 1.44 bits per heavy atom. The van der Waals surface area contributed by atoms with Crippen LogP contribution in [0, 0.1) is 0 Å². The van der Waals surface area contributed by atoms with E-state index >= 15 is 0 Å². The van der Waals surface area contributed by atoms with Crippen molar-refractivity contribution in [3.05, 3.63) is 0 Å². The molecule has 0 fully saturated rings. The van der Waals surface area contributed by atoms with Crippen molar-refractivity contribution in [2.75, 3.05) is 0 Å². The zero-order valence-electron chi connectivity index (χ0n) is 6.22. The van der Waals surface area contributed by atoms with Gasteiger partial charge in [-0.25, -0.2) is 0 Å². The molecule has 0 saturated carbocycles. The van der Waals surface area contributed by atoms with E-state index in [4.69, 9.17) is 9.90 Å². The number of halogens is 1. The molecular weight excluding hydrogens is 231 g/mol. The monoisotopic (exact) mass is 244 g/mol. The number of hydrogen-bond donors (Lipinski definition) is 0. The van der Waals surface area contributed by atoms with Crippen molar-refractivity contribution in [3.8, 4) is 0 Å². The molecule has 0 aromatic rings. The van der Waals surface area contributed by atoms with Gasteiger partial charge in [-0.1, -0.05) is 0 Å². The van der Waals surface area contributed by atoms with Crippen molar-refractivity contribution in [1.82, 2.24) is 0 Å². The van der Waals surface area contributed by atoms with Crippen LogP contribution in [0.15, 0.2) is 0 Å². The van der Waals surface area contributed by atoms with Gasteiger partial charge in [-0.3, -0.25) is 0 Å². The van der Waals surface area contributed by atoms with Crippen LogP contribution in [0.2, 0.25) is 0 Å². The van der Waals surface area contributed by atoms with Crippen molar-refractivity contribution in [1.29, 1.82) is 0 Å². The standard InChI is InChI=1S/C4H10I.C2H4O2/c1-4(2,3)5;1-2(3)4/h5H,1-3H3;1H3,(H,3,4)/q+1;/p-1. The lowest BCUT2D eigenvalue weighted by molar-refractivity contribution is -0.458. The quantitative estimate of drug-likeness (QED) is 0.333. The van der Waals surface area contributed by atoms with E-state index in [9.17, 15) is 0 Å². The molecule has 56 valence electrons. The molecule has 2 nitrogen and oxygen atoms in total. The summed E-state index contributed by atoms with van der Waals surface area (Å²) in [7, 11) is 0. The van der Waals surface area contributed by atoms with E-state index < -0.39 is 5.97 Å². The fraction of sp³-hybridized carbons (Fsp3) is 0.833. The Bertz CT molecular complexity index is 73.5. The molecule has 0 rings (SSSR count). The molecule has 0 radical (unpaired) electrons. The van der Waals surface area contributed by atoms with Gasteiger partial charge in [0.2, 0.25) is 0 Å². The van der Waals surface area contributed by atoms with Crippen LogP contribution in [0.25, 0.3) is 0 Å². The molecule has 0 saturated heterocycles. The number of alkyl halides is 1. The van der Waals surface area contributed by atoms with Crippen LogP contribution in [0.4, 0.5) is 0 Å². The fourth-order valence-electron chi connectivity index (χ4n) is 0. The van der Waals surface area contributed by atoms with E-state index in [-0.39, 0.29) is 0 Å². The molecule has 9 heavy (non-hydrogen) atoms. The number of rotatable bonds is 0. The number of aliphatic carboxylic acids is 1. The van der Waals surface area contributed by atoms with E-state index in [0.717, 1.165) is 6.92 Å². The summed E-state index contributed by atoms with van der Waals surface area (Å²) in [4.78, 5) is 8.89. The topological polar surface area (TPSA) is 40.1 Å². The van der Waals surface area contributed by atoms with Crippen molar-refractivity contribution in [3.63, 3.8) is 0 Å². The van der Waals surface area contributed by atoms with Gasteiger partial charge in [0.1, 0.15) is 0 Å². The second-order valence-corrected chi connectivity index (χ2v) is 6.10. The van der Waals surface area contributed by atoms with E-state index in [0.29, 0.717) is 3.42 Å². The summed E-state index contributed by atoms with van der Waals surface area (Å²) in [6.07, 6.45) is 0. The van der Waals surface area contributed by atoms with Gasteiger partial charge in [0.05, 0.1) is 0 Å². The Balaban J connectivity index is 0. The minimum Gasteiger partial charge on any atom is -0.550 e. The highest BCUT2D eigenvalue weighted by molar-refractivity contribution is 5.60. The van der Waals surface area contributed by atoms with Gasteiger partial charge in [-0.05, 0) is 27.7 Å². The smallest absolute Gasteiger partial charge is 0.258 e. The van der Waals surface area contributed by atoms with E-state index in [1.807, 2.05) is 0 Å². The van der Waals surface area contributed by atoms with Crippen LogP contribution < -0.4 is 27.7 Å². The third kappa shape index (κ3) is 7880. The minimum atomic E-state index is -1.08.